The summed E-state index contributed by atoms with van der Waals surface area (Å²) in [6.07, 6.45) is 0. The highest BCUT2D eigenvalue weighted by Crippen LogP contribution is 2.23. The van der Waals surface area contributed by atoms with Gasteiger partial charge in [0.15, 0.2) is 0 Å². The van der Waals surface area contributed by atoms with E-state index in [1.54, 1.807) is 0 Å². The Morgan fingerprint density at radius 1 is 1.10 bits per heavy atom. The average molecular weight is 301 g/mol. The summed E-state index contributed by atoms with van der Waals surface area (Å²) in [6, 6.07) is 3.29. The number of amides is 1. The van der Waals surface area contributed by atoms with E-state index in [4.69, 9.17) is 5.11 Å². The highest BCUT2D eigenvalue weighted by molar-refractivity contribution is 7.18. The molecule has 0 aliphatic carbocycles. The van der Waals surface area contributed by atoms with Crippen molar-refractivity contribution in [3.05, 3.63) is 52.2 Å². The van der Waals surface area contributed by atoms with E-state index in [0.29, 0.717) is 12.1 Å². The van der Waals surface area contributed by atoms with Crippen LogP contribution in [0.5, 0.6) is 0 Å². The predicted molar refractivity (Wildman–Crippen MR) is 65.5 cm³/mol. The maximum Gasteiger partial charge on any atom is 0.345 e. The van der Waals surface area contributed by atoms with E-state index in [-0.39, 0.29) is 9.88 Å². The molecule has 0 unspecified atom stereocenters. The molecule has 1 amide bonds. The first-order chi connectivity index (χ1) is 9.38. The molecule has 104 valence electrons. The molecular formula is C12H6F3NO3S. The molecule has 0 aliphatic rings. The number of benzene rings is 1. The molecular weight excluding hydrogens is 295 g/mol. The molecule has 0 bridgehead atoms. The number of carboxylic acid groups (broad SMARTS) is 1. The van der Waals surface area contributed by atoms with Crippen molar-refractivity contribution < 1.29 is 27.9 Å². The molecule has 4 nitrogen and oxygen atoms in total. The highest BCUT2D eigenvalue weighted by Gasteiger charge is 2.20. The number of thiophene rings is 1. The monoisotopic (exact) mass is 301 g/mol. The number of carbonyl (C=O) groups excluding carboxylic acids is 1. The van der Waals surface area contributed by atoms with Gasteiger partial charge in [-0.1, -0.05) is 0 Å². The van der Waals surface area contributed by atoms with Gasteiger partial charge in [0.1, 0.15) is 27.9 Å². The summed E-state index contributed by atoms with van der Waals surface area (Å²) in [5.74, 6) is -6.13. The Morgan fingerprint density at radius 2 is 1.70 bits per heavy atom. The molecule has 0 spiro atoms. The largest absolute Gasteiger partial charge is 0.477 e. The zero-order valence-corrected chi connectivity index (χ0v) is 10.4. The number of hydrogen-bond acceptors (Lipinski definition) is 3. The fourth-order valence-corrected chi connectivity index (χ4v) is 2.19. The third-order valence-corrected chi connectivity index (χ3v) is 3.28. The molecule has 1 aromatic carbocycles. The van der Waals surface area contributed by atoms with E-state index in [1.807, 2.05) is 0 Å². The number of carbonyl (C=O) groups is 2. The number of nitrogens with one attached hydrogen (secondary N) is 1. The summed E-state index contributed by atoms with van der Waals surface area (Å²) >= 11 is 0.728. The molecule has 2 rings (SSSR count). The van der Waals surface area contributed by atoms with Gasteiger partial charge in [-0.25, -0.2) is 18.0 Å². The Bertz CT molecular complexity index is 676. The van der Waals surface area contributed by atoms with Gasteiger partial charge in [0.05, 0.1) is 5.00 Å². The summed E-state index contributed by atoms with van der Waals surface area (Å²) in [7, 11) is 0. The lowest BCUT2D eigenvalue weighted by molar-refractivity contribution is 0.0702. The lowest BCUT2D eigenvalue weighted by Crippen LogP contribution is -2.15. The minimum Gasteiger partial charge on any atom is -0.477 e. The summed E-state index contributed by atoms with van der Waals surface area (Å²) in [5, 5.41) is 11.0. The lowest BCUT2D eigenvalue weighted by atomic mass is 10.2. The molecule has 0 aliphatic heterocycles. The second kappa shape index (κ2) is 5.33. The highest BCUT2D eigenvalue weighted by atomic mass is 32.1. The van der Waals surface area contributed by atoms with Gasteiger partial charge in [0.2, 0.25) is 0 Å². The van der Waals surface area contributed by atoms with Crippen LogP contribution >= 0.6 is 11.3 Å². The molecule has 0 saturated carbocycles. The number of aromatic carboxylic acids is 1. The maximum atomic E-state index is 13.4. The van der Waals surface area contributed by atoms with Crippen LogP contribution in [0.1, 0.15) is 20.0 Å². The first kappa shape index (κ1) is 14.1. The molecule has 0 atom stereocenters. The van der Waals surface area contributed by atoms with Crippen molar-refractivity contribution in [3.63, 3.8) is 0 Å². The van der Waals surface area contributed by atoms with Crippen molar-refractivity contribution in [2.45, 2.75) is 0 Å². The van der Waals surface area contributed by atoms with Crippen LogP contribution in [-0.2, 0) is 0 Å². The van der Waals surface area contributed by atoms with Crippen LogP contribution in [0.3, 0.4) is 0 Å². The zero-order valence-electron chi connectivity index (χ0n) is 9.62. The third-order valence-electron chi connectivity index (χ3n) is 2.29. The fraction of sp³-hybridized carbons (Fsp3) is 0. The van der Waals surface area contributed by atoms with Crippen LogP contribution in [0.25, 0.3) is 0 Å². The number of anilines is 1. The number of hydrogen-bond donors (Lipinski definition) is 2. The normalized spacial score (nSPS) is 10.3. The van der Waals surface area contributed by atoms with E-state index in [2.05, 4.69) is 5.32 Å². The maximum absolute atomic E-state index is 13.4. The van der Waals surface area contributed by atoms with Crippen LogP contribution in [0.15, 0.2) is 24.3 Å². The minimum atomic E-state index is -1.34. The molecule has 0 radical (unpaired) electrons. The van der Waals surface area contributed by atoms with Crippen LogP contribution < -0.4 is 5.32 Å². The molecule has 0 fully saturated rings. The first-order valence-corrected chi connectivity index (χ1v) is 5.99. The van der Waals surface area contributed by atoms with Gasteiger partial charge < -0.3 is 10.4 Å². The van der Waals surface area contributed by atoms with Gasteiger partial charge in [0.25, 0.3) is 5.91 Å². The Labute approximate surface area is 114 Å². The van der Waals surface area contributed by atoms with Crippen molar-refractivity contribution in [3.8, 4) is 0 Å². The smallest absolute Gasteiger partial charge is 0.345 e. The first-order valence-electron chi connectivity index (χ1n) is 5.17. The van der Waals surface area contributed by atoms with Crippen LogP contribution in [-0.4, -0.2) is 17.0 Å². The van der Waals surface area contributed by atoms with Gasteiger partial charge in [0, 0.05) is 12.1 Å². The van der Waals surface area contributed by atoms with Crippen molar-refractivity contribution in [1.29, 1.82) is 0 Å². The molecule has 0 saturated heterocycles. The predicted octanol–water partition coefficient (Wildman–Crippen LogP) is 3.12. The summed E-state index contributed by atoms with van der Waals surface area (Å²) in [5.41, 5.74) is -0.934. The van der Waals surface area contributed by atoms with E-state index >= 15 is 0 Å². The quantitative estimate of drug-likeness (QED) is 0.915. The molecule has 1 aromatic heterocycles. The standard InChI is InChI=1S/C12H6F3NO3S/c13-5-3-6(14)10(7(15)4-5)11(17)16-9-2-1-8(20-9)12(18)19/h1-4H,(H,16,17)(H,18,19). The minimum absolute atomic E-state index is 0.0413. The number of halogens is 3. The fourth-order valence-electron chi connectivity index (χ4n) is 1.45. The van der Waals surface area contributed by atoms with Crippen molar-refractivity contribution >= 4 is 28.2 Å². The van der Waals surface area contributed by atoms with Crippen molar-refractivity contribution in [2.24, 2.45) is 0 Å². The van der Waals surface area contributed by atoms with Gasteiger partial charge in [-0.15, -0.1) is 11.3 Å². The average Bonchev–Trinajstić information content (AvgIpc) is 2.75. The van der Waals surface area contributed by atoms with Crippen LogP contribution in [0.4, 0.5) is 18.2 Å². The lowest BCUT2D eigenvalue weighted by Gasteiger charge is -2.05. The van der Waals surface area contributed by atoms with Gasteiger partial charge in [-0.3, -0.25) is 4.79 Å². The summed E-state index contributed by atoms with van der Waals surface area (Å²) in [6.45, 7) is 0. The van der Waals surface area contributed by atoms with Gasteiger partial charge in [-0.05, 0) is 12.1 Å². The Hall–Kier alpha value is -2.35. The Kier molecular flexibility index (Phi) is 3.75. The third kappa shape index (κ3) is 2.80. The second-order valence-electron chi connectivity index (χ2n) is 3.67. The van der Waals surface area contributed by atoms with Gasteiger partial charge >= 0.3 is 5.97 Å². The van der Waals surface area contributed by atoms with E-state index < -0.39 is 34.9 Å². The molecule has 8 heteroatoms. The number of rotatable bonds is 3. The van der Waals surface area contributed by atoms with Crippen LogP contribution in [0, 0.1) is 17.5 Å². The summed E-state index contributed by atoms with van der Waals surface area (Å²) in [4.78, 5) is 22.3. The number of carboxylic acids is 1. The zero-order chi connectivity index (χ0) is 14.9. The second-order valence-corrected chi connectivity index (χ2v) is 4.75. The summed E-state index contributed by atoms with van der Waals surface area (Å²) < 4.78 is 39.4. The van der Waals surface area contributed by atoms with E-state index in [1.165, 1.54) is 12.1 Å². The SMILES string of the molecule is O=C(O)c1ccc(NC(=O)c2c(F)cc(F)cc2F)s1. The van der Waals surface area contributed by atoms with Crippen molar-refractivity contribution in [2.75, 3.05) is 5.32 Å². The van der Waals surface area contributed by atoms with Crippen molar-refractivity contribution in [1.82, 2.24) is 0 Å². The molecule has 1 heterocycles. The Morgan fingerprint density at radius 3 is 2.20 bits per heavy atom. The van der Waals surface area contributed by atoms with E-state index in [9.17, 15) is 22.8 Å². The van der Waals surface area contributed by atoms with E-state index in [0.717, 1.165) is 11.3 Å². The Balaban J connectivity index is 2.26. The molecule has 2 aromatic rings. The van der Waals surface area contributed by atoms with Gasteiger partial charge in [-0.2, -0.15) is 0 Å². The molecule has 20 heavy (non-hydrogen) atoms. The topological polar surface area (TPSA) is 66.4 Å². The molecule has 2 N–H and O–H groups in total. The van der Waals surface area contributed by atoms with Crippen LogP contribution in [0.2, 0.25) is 0 Å².